The second kappa shape index (κ2) is 10.2. The van der Waals surface area contributed by atoms with Crippen molar-refractivity contribution in [2.75, 3.05) is 13.7 Å². The third kappa shape index (κ3) is 5.89. The Hall–Kier alpha value is -3.49. The van der Waals surface area contributed by atoms with Gasteiger partial charge < -0.3 is 19.7 Å². The molecule has 9 heteroatoms. The monoisotopic (exact) mass is 476 g/mol. The SMILES string of the molecule is CCC(CNC(=O)c1ccc2c(c1)c(Cc1ccc(C(=O)O)cc1OC)cn2C)CC(F)(F)F. The zero-order valence-electron chi connectivity index (χ0n) is 19.2. The molecule has 2 N–H and O–H groups in total. The van der Waals surface area contributed by atoms with E-state index in [1.807, 2.05) is 17.8 Å². The average Bonchev–Trinajstić information content (AvgIpc) is 3.10. The highest BCUT2D eigenvalue weighted by molar-refractivity contribution is 5.99. The number of benzene rings is 2. The lowest BCUT2D eigenvalue weighted by Gasteiger charge is -2.17. The number of carbonyl (C=O) groups is 2. The molecule has 1 heterocycles. The molecule has 3 aromatic rings. The van der Waals surface area contributed by atoms with Crippen LogP contribution in [0.3, 0.4) is 0 Å². The zero-order chi connectivity index (χ0) is 25.0. The molecule has 0 saturated heterocycles. The molecule has 2 aromatic carbocycles. The van der Waals surface area contributed by atoms with Gasteiger partial charge in [-0.2, -0.15) is 13.2 Å². The number of hydrogen-bond acceptors (Lipinski definition) is 3. The maximum Gasteiger partial charge on any atom is 0.389 e. The lowest BCUT2D eigenvalue weighted by molar-refractivity contribution is -0.144. The van der Waals surface area contributed by atoms with Gasteiger partial charge >= 0.3 is 12.1 Å². The van der Waals surface area contributed by atoms with Crippen LogP contribution in [0.15, 0.2) is 42.6 Å². The standard InChI is InChI=1S/C25H27F3N2O4/c1-4-15(12-25(26,27)28)13-29-23(31)17-7-8-21-20(10-17)19(14-30(21)2)9-16-5-6-18(24(32)33)11-22(16)34-3/h5-8,10-11,14-15H,4,9,12-13H2,1-3H3,(H,29,31)(H,32,33). The molecule has 1 unspecified atom stereocenters. The van der Waals surface area contributed by atoms with Crippen LogP contribution in [0, 0.1) is 5.92 Å². The van der Waals surface area contributed by atoms with Gasteiger partial charge in [0.2, 0.25) is 0 Å². The minimum atomic E-state index is -4.27. The van der Waals surface area contributed by atoms with Gasteiger partial charge in [0.05, 0.1) is 12.7 Å². The van der Waals surface area contributed by atoms with E-state index in [2.05, 4.69) is 5.32 Å². The fourth-order valence-electron chi connectivity index (χ4n) is 4.01. The number of aromatic carboxylic acids is 1. The second-order valence-electron chi connectivity index (χ2n) is 8.31. The first kappa shape index (κ1) is 25.1. The Morgan fingerprint density at radius 1 is 1.12 bits per heavy atom. The molecule has 0 saturated carbocycles. The fraction of sp³-hybridized carbons (Fsp3) is 0.360. The highest BCUT2D eigenvalue weighted by Crippen LogP contribution is 2.29. The van der Waals surface area contributed by atoms with Crippen LogP contribution in [0.25, 0.3) is 10.9 Å². The number of rotatable bonds is 9. The summed E-state index contributed by atoms with van der Waals surface area (Å²) >= 11 is 0. The number of methoxy groups -OCH3 is 1. The quantitative estimate of drug-likeness (QED) is 0.446. The molecule has 0 fully saturated rings. The number of aromatic nitrogens is 1. The smallest absolute Gasteiger partial charge is 0.389 e. The van der Waals surface area contributed by atoms with E-state index in [1.165, 1.54) is 19.2 Å². The summed E-state index contributed by atoms with van der Waals surface area (Å²) in [6.45, 7) is 1.61. The topological polar surface area (TPSA) is 80.6 Å². The Morgan fingerprint density at radius 2 is 1.82 bits per heavy atom. The first-order valence-electron chi connectivity index (χ1n) is 10.9. The Balaban J connectivity index is 1.85. The zero-order valence-corrected chi connectivity index (χ0v) is 19.2. The number of hydrogen-bond donors (Lipinski definition) is 2. The van der Waals surface area contributed by atoms with Crippen molar-refractivity contribution in [3.05, 3.63) is 64.8 Å². The van der Waals surface area contributed by atoms with Gasteiger partial charge in [0.1, 0.15) is 5.75 Å². The number of carboxylic acids is 1. The number of nitrogens with zero attached hydrogens (tertiary/aromatic N) is 1. The van der Waals surface area contributed by atoms with Crippen LogP contribution < -0.4 is 10.1 Å². The van der Waals surface area contributed by atoms with Crippen LogP contribution in [-0.4, -0.2) is 41.4 Å². The number of aryl methyl sites for hydroxylation is 1. The number of nitrogens with one attached hydrogen (secondary N) is 1. The molecule has 0 radical (unpaired) electrons. The largest absolute Gasteiger partial charge is 0.496 e. The van der Waals surface area contributed by atoms with Crippen LogP contribution in [0.5, 0.6) is 5.75 Å². The Bertz CT molecular complexity index is 1200. The fourth-order valence-corrected chi connectivity index (χ4v) is 4.01. The lowest BCUT2D eigenvalue weighted by atomic mass is 10.00. The molecular formula is C25H27F3N2O4. The van der Waals surface area contributed by atoms with E-state index in [0.29, 0.717) is 24.2 Å². The van der Waals surface area contributed by atoms with Crippen LogP contribution in [0.2, 0.25) is 0 Å². The minimum absolute atomic E-state index is 0.0539. The summed E-state index contributed by atoms with van der Waals surface area (Å²) < 4.78 is 45.4. The Labute approximate surface area is 195 Å². The van der Waals surface area contributed by atoms with E-state index < -0.39 is 30.4 Å². The molecular weight excluding hydrogens is 449 g/mol. The van der Waals surface area contributed by atoms with Crippen LogP contribution >= 0.6 is 0 Å². The molecule has 1 amide bonds. The van der Waals surface area contributed by atoms with Gasteiger partial charge in [-0.1, -0.05) is 19.4 Å². The predicted octanol–water partition coefficient (Wildman–Crippen LogP) is 5.18. The summed E-state index contributed by atoms with van der Waals surface area (Å²) in [5.41, 5.74) is 3.05. The maximum atomic E-state index is 12.7. The molecule has 182 valence electrons. The van der Waals surface area contributed by atoms with E-state index >= 15 is 0 Å². The van der Waals surface area contributed by atoms with E-state index in [1.54, 1.807) is 31.2 Å². The summed E-state index contributed by atoms with van der Waals surface area (Å²) in [4.78, 5) is 23.9. The van der Waals surface area contributed by atoms with Crippen molar-refractivity contribution in [1.82, 2.24) is 9.88 Å². The van der Waals surface area contributed by atoms with Crippen molar-refractivity contribution in [2.24, 2.45) is 13.0 Å². The molecule has 0 aliphatic heterocycles. The molecule has 0 bridgehead atoms. The number of halogens is 3. The van der Waals surface area contributed by atoms with E-state index in [4.69, 9.17) is 4.74 Å². The van der Waals surface area contributed by atoms with Gasteiger partial charge in [-0.15, -0.1) is 0 Å². The Kier molecular flexibility index (Phi) is 7.54. The van der Waals surface area contributed by atoms with Gasteiger partial charge in [0, 0.05) is 49.1 Å². The molecule has 0 aliphatic carbocycles. The number of carbonyl (C=O) groups excluding carboxylic acids is 1. The third-order valence-electron chi connectivity index (χ3n) is 5.90. The molecule has 1 atom stereocenters. The van der Waals surface area contributed by atoms with Crippen LogP contribution in [0.4, 0.5) is 13.2 Å². The normalized spacial score (nSPS) is 12.5. The summed E-state index contributed by atoms with van der Waals surface area (Å²) in [5.74, 6) is -1.71. The first-order valence-corrected chi connectivity index (χ1v) is 10.9. The van der Waals surface area contributed by atoms with Crippen molar-refractivity contribution >= 4 is 22.8 Å². The van der Waals surface area contributed by atoms with Gasteiger partial charge in [-0.25, -0.2) is 4.79 Å². The van der Waals surface area contributed by atoms with Gasteiger partial charge in [0.25, 0.3) is 5.91 Å². The molecule has 6 nitrogen and oxygen atoms in total. The predicted molar refractivity (Wildman–Crippen MR) is 122 cm³/mol. The molecule has 1 aromatic heterocycles. The second-order valence-corrected chi connectivity index (χ2v) is 8.31. The van der Waals surface area contributed by atoms with E-state index in [9.17, 15) is 27.9 Å². The minimum Gasteiger partial charge on any atom is -0.496 e. The number of ether oxygens (including phenoxy) is 1. The number of amides is 1. The van der Waals surface area contributed by atoms with Crippen molar-refractivity contribution in [3.63, 3.8) is 0 Å². The highest BCUT2D eigenvalue weighted by Gasteiger charge is 2.31. The molecule has 0 aliphatic rings. The average molecular weight is 476 g/mol. The first-order chi connectivity index (χ1) is 16.0. The van der Waals surface area contributed by atoms with Crippen LogP contribution in [0.1, 0.15) is 51.6 Å². The summed E-state index contributed by atoms with van der Waals surface area (Å²) in [5, 5.41) is 12.7. The van der Waals surface area contributed by atoms with Crippen molar-refractivity contribution in [3.8, 4) is 5.75 Å². The van der Waals surface area contributed by atoms with Gasteiger partial charge in [-0.05, 0) is 47.4 Å². The number of fused-ring (bicyclic) bond motifs is 1. The van der Waals surface area contributed by atoms with Crippen LogP contribution in [-0.2, 0) is 13.5 Å². The maximum absolute atomic E-state index is 12.7. The summed E-state index contributed by atoms with van der Waals surface area (Å²) in [6, 6.07) is 9.84. The van der Waals surface area contributed by atoms with Gasteiger partial charge in [0.15, 0.2) is 0 Å². The van der Waals surface area contributed by atoms with E-state index in [-0.39, 0.29) is 12.1 Å². The van der Waals surface area contributed by atoms with E-state index in [0.717, 1.165) is 22.0 Å². The Morgan fingerprint density at radius 3 is 2.44 bits per heavy atom. The number of alkyl halides is 3. The molecule has 34 heavy (non-hydrogen) atoms. The van der Waals surface area contributed by atoms with Crippen molar-refractivity contribution < 1.29 is 32.6 Å². The third-order valence-corrected chi connectivity index (χ3v) is 5.90. The van der Waals surface area contributed by atoms with Gasteiger partial charge in [-0.3, -0.25) is 4.79 Å². The number of carboxylic acid groups (broad SMARTS) is 1. The summed E-state index contributed by atoms with van der Waals surface area (Å²) in [7, 11) is 3.34. The lowest BCUT2D eigenvalue weighted by Crippen LogP contribution is -2.31. The molecule has 3 rings (SSSR count). The summed E-state index contributed by atoms with van der Waals surface area (Å²) in [6.07, 6.45) is -2.53. The van der Waals surface area contributed by atoms with Crippen molar-refractivity contribution in [1.29, 1.82) is 0 Å². The molecule has 0 spiro atoms. The highest BCUT2D eigenvalue weighted by atomic mass is 19.4. The van der Waals surface area contributed by atoms with Crippen molar-refractivity contribution in [2.45, 2.75) is 32.4 Å².